The molecule has 2 heterocycles. The molecule has 0 unspecified atom stereocenters. The second kappa shape index (κ2) is 10.5. The van der Waals surface area contributed by atoms with Gasteiger partial charge in [-0.1, -0.05) is 12.1 Å². The van der Waals surface area contributed by atoms with Gasteiger partial charge in [-0.2, -0.15) is 10.4 Å². The first-order valence-corrected chi connectivity index (χ1v) is 15.8. The standard InChI is InChI=1S/C30H30F3N5O3S/c31-21-3-7-23(8-4-21)38-18-26(20-1-5-22(6-2-20)37-13-15-42(40,41)16-14-37)27(36-38)24-9-10-30(32,33)17-25(24)28(39)35-29(19-34)11-12-29/h1-8,18,24-25H,9-17H2,(H,35,39)/t24-,25-/m1/s1. The number of halogens is 3. The second-order valence-corrected chi connectivity index (χ2v) is 13.8. The Balaban J connectivity index is 1.37. The highest BCUT2D eigenvalue weighted by Crippen LogP contribution is 2.48. The van der Waals surface area contributed by atoms with E-state index in [1.165, 1.54) is 12.1 Å². The van der Waals surface area contributed by atoms with Crippen molar-refractivity contribution in [2.45, 2.75) is 49.5 Å². The molecule has 1 N–H and O–H groups in total. The zero-order chi connectivity index (χ0) is 29.7. The van der Waals surface area contributed by atoms with Gasteiger partial charge in [-0.3, -0.25) is 4.79 Å². The Kier molecular flexibility index (Phi) is 7.04. The lowest BCUT2D eigenvalue weighted by atomic mass is 9.74. The molecule has 8 nitrogen and oxygen atoms in total. The Morgan fingerprint density at radius 1 is 1.00 bits per heavy atom. The molecule has 2 saturated carbocycles. The molecule has 2 aliphatic carbocycles. The summed E-state index contributed by atoms with van der Waals surface area (Å²) < 4.78 is 68.3. The highest BCUT2D eigenvalue weighted by molar-refractivity contribution is 7.91. The van der Waals surface area contributed by atoms with Gasteiger partial charge >= 0.3 is 0 Å². The topological polar surface area (TPSA) is 108 Å². The molecular weight excluding hydrogens is 567 g/mol. The van der Waals surface area contributed by atoms with Crippen molar-refractivity contribution in [3.8, 4) is 22.9 Å². The van der Waals surface area contributed by atoms with Crippen LogP contribution in [0.25, 0.3) is 16.8 Å². The maximum Gasteiger partial charge on any atom is 0.249 e. The molecule has 220 valence electrons. The summed E-state index contributed by atoms with van der Waals surface area (Å²) in [5, 5.41) is 17.0. The van der Waals surface area contributed by atoms with E-state index < -0.39 is 57.7 Å². The zero-order valence-electron chi connectivity index (χ0n) is 22.8. The Labute approximate surface area is 242 Å². The van der Waals surface area contributed by atoms with Gasteiger partial charge in [-0.25, -0.2) is 26.3 Å². The van der Waals surface area contributed by atoms with Gasteiger partial charge in [0.25, 0.3) is 0 Å². The first-order valence-electron chi connectivity index (χ1n) is 14.0. The van der Waals surface area contributed by atoms with Gasteiger partial charge in [0.1, 0.15) is 11.4 Å². The van der Waals surface area contributed by atoms with Crippen molar-refractivity contribution < 1.29 is 26.4 Å². The molecule has 42 heavy (non-hydrogen) atoms. The molecule has 2 aromatic carbocycles. The van der Waals surface area contributed by atoms with Crippen molar-refractivity contribution >= 4 is 21.4 Å². The number of nitriles is 1. The maximum absolute atomic E-state index is 14.7. The summed E-state index contributed by atoms with van der Waals surface area (Å²) in [5.74, 6) is -5.56. The smallest absolute Gasteiger partial charge is 0.249 e. The van der Waals surface area contributed by atoms with E-state index in [2.05, 4.69) is 11.4 Å². The minimum Gasteiger partial charge on any atom is -0.369 e. The lowest BCUT2D eigenvalue weighted by molar-refractivity contribution is -0.134. The van der Waals surface area contributed by atoms with Crippen molar-refractivity contribution in [3.05, 3.63) is 66.2 Å². The third-order valence-corrected chi connectivity index (χ3v) is 10.2. The molecule has 0 bridgehead atoms. The van der Waals surface area contributed by atoms with Crippen LogP contribution in [-0.2, 0) is 14.6 Å². The number of anilines is 1. The summed E-state index contributed by atoms with van der Waals surface area (Å²) in [6.45, 7) is 0.791. The van der Waals surface area contributed by atoms with Gasteiger partial charge in [0, 0.05) is 49.3 Å². The Morgan fingerprint density at radius 3 is 2.26 bits per heavy atom. The lowest BCUT2D eigenvalue weighted by Gasteiger charge is -2.35. The molecular formula is C30H30F3N5O3S. The van der Waals surface area contributed by atoms with Crippen molar-refractivity contribution in [2.24, 2.45) is 5.92 Å². The zero-order valence-corrected chi connectivity index (χ0v) is 23.6. The third kappa shape index (κ3) is 5.75. The van der Waals surface area contributed by atoms with Crippen molar-refractivity contribution in [3.63, 3.8) is 0 Å². The molecule has 1 aromatic heterocycles. The molecule has 0 radical (unpaired) electrons. The van der Waals surface area contributed by atoms with E-state index in [1.807, 2.05) is 29.2 Å². The molecule has 3 aromatic rings. The van der Waals surface area contributed by atoms with Crippen molar-refractivity contribution in [1.29, 1.82) is 5.26 Å². The first-order chi connectivity index (χ1) is 20.0. The summed E-state index contributed by atoms with van der Waals surface area (Å²) in [7, 11) is -3.03. The molecule has 12 heteroatoms. The molecule has 3 aliphatic rings. The number of carbonyl (C=O) groups is 1. The fourth-order valence-electron chi connectivity index (χ4n) is 5.89. The van der Waals surface area contributed by atoms with Crippen LogP contribution in [0.15, 0.2) is 54.7 Å². The monoisotopic (exact) mass is 597 g/mol. The number of alkyl halides is 2. The summed E-state index contributed by atoms with van der Waals surface area (Å²) in [5.41, 5.74) is 2.32. The minimum atomic E-state index is -3.03. The van der Waals surface area contributed by atoms with Crippen molar-refractivity contribution in [1.82, 2.24) is 15.1 Å². The maximum atomic E-state index is 14.7. The number of sulfone groups is 1. The van der Waals surface area contributed by atoms with Crippen molar-refractivity contribution in [2.75, 3.05) is 29.5 Å². The quantitative estimate of drug-likeness (QED) is 0.445. The van der Waals surface area contributed by atoms with Crippen LogP contribution in [0.2, 0.25) is 0 Å². The van der Waals surface area contributed by atoms with Crippen LogP contribution in [0.3, 0.4) is 0 Å². The Bertz CT molecular complexity index is 1630. The molecule has 1 saturated heterocycles. The fourth-order valence-corrected chi connectivity index (χ4v) is 7.09. The van der Waals surface area contributed by atoms with Gasteiger partial charge in [0.05, 0.1) is 34.9 Å². The summed E-state index contributed by atoms with van der Waals surface area (Å²) in [6, 6.07) is 15.3. The molecule has 3 fully saturated rings. The molecule has 2 atom stereocenters. The van der Waals surface area contributed by atoms with Gasteiger partial charge in [-0.15, -0.1) is 0 Å². The lowest BCUT2D eigenvalue weighted by Crippen LogP contribution is -2.45. The largest absolute Gasteiger partial charge is 0.369 e. The van der Waals surface area contributed by atoms with Crippen LogP contribution in [0.4, 0.5) is 18.9 Å². The second-order valence-electron chi connectivity index (χ2n) is 11.5. The van der Waals surface area contributed by atoms with E-state index in [0.717, 1.165) is 11.3 Å². The number of rotatable bonds is 6. The highest BCUT2D eigenvalue weighted by atomic mass is 32.2. The number of nitrogens with one attached hydrogen (secondary N) is 1. The minimum absolute atomic E-state index is 0.0262. The van der Waals surface area contributed by atoms with Crippen LogP contribution < -0.4 is 10.2 Å². The number of aromatic nitrogens is 2. The number of carbonyl (C=O) groups excluding carboxylic acids is 1. The highest BCUT2D eigenvalue weighted by Gasteiger charge is 2.51. The van der Waals surface area contributed by atoms with Crippen LogP contribution >= 0.6 is 0 Å². The molecule has 1 aliphatic heterocycles. The number of amides is 1. The SMILES string of the molecule is N#CC1(NC(=O)[C@@H]2CC(F)(F)CC[C@H]2c2nn(-c3ccc(F)cc3)cc2-c2ccc(N3CCS(=O)(=O)CC3)cc2)CC1. The normalized spacial score (nSPS) is 24.0. The van der Waals surface area contributed by atoms with Crippen LogP contribution in [0, 0.1) is 23.1 Å². The average molecular weight is 598 g/mol. The number of hydrogen-bond acceptors (Lipinski definition) is 6. The Morgan fingerprint density at radius 2 is 1.64 bits per heavy atom. The van der Waals surface area contributed by atoms with Gasteiger partial charge in [-0.05, 0) is 61.2 Å². The fraction of sp³-hybridized carbons (Fsp3) is 0.433. The molecule has 0 spiro atoms. The summed E-state index contributed by atoms with van der Waals surface area (Å²) >= 11 is 0. The number of hydrogen-bond donors (Lipinski definition) is 1. The number of benzene rings is 2. The molecule has 1 amide bonds. The van der Waals surface area contributed by atoms with E-state index >= 15 is 0 Å². The first kappa shape index (κ1) is 28.3. The summed E-state index contributed by atoms with van der Waals surface area (Å²) in [6.07, 6.45) is 1.71. The van der Waals surface area contributed by atoms with E-state index in [0.29, 0.717) is 42.9 Å². The number of nitrogens with zero attached hydrogens (tertiary/aromatic N) is 4. The van der Waals surface area contributed by atoms with Gasteiger partial charge in [0.2, 0.25) is 11.8 Å². The van der Waals surface area contributed by atoms with E-state index in [9.17, 15) is 31.6 Å². The third-order valence-electron chi connectivity index (χ3n) is 8.56. The predicted octanol–water partition coefficient (Wildman–Crippen LogP) is 4.60. The van der Waals surface area contributed by atoms with E-state index in [-0.39, 0.29) is 17.9 Å². The van der Waals surface area contributed by atoms with E-state index in [1.54, 1.807) is 23.0 Å². The van der Waals surface area contributed by atoms with Crippen LogP contribution in [0.5, 0.6) is 0 Å². The van der Waals surface area contributed by atoms with Gasteiger partial charge in [0.15, 0.2) is 9.84 Å². The van der Waals surface area contributed by atoms with Crippen LogP contribution in [0.1, 0.15) is 43.7 Å². The average Bonchev–Trinajstić information content (AvgIpc) is 3.60. The van der Waals surface area contributed by atoms with E-state index in [4.69, 9.17) is 5.10 Å². The summed E-state index contributed by atoms with van der Waals surface area (Å²) in [4.78, 5) is 15.4. The Hall–Kier alpha value is -3.85. The van der Waals surface area contributed by atoms with Crippen LogP contribution in [-0.4, -0.2) is 60.2 Å². The van der Waals surface area contributed by atoms with Gasteiger partial charge < -0.3 is 10.2 Å². The molecule has 6 rings (SSSR count). The predicted molar refractivity (Wildman–Crippen MR) is 151 cm³/mol.